The molecule has 4 N–H and O–H groups in total. The van der Waals surface area contributed by atoms with Crippen molar-refractivity contribution in [3.63, 3.8) is 0 Å². The minimum atomic E-state index is 0.0898. The molecular formula is C12H15N5O3. The molecule has 2 rings (SSSR count). The smallest absolute Gasteiger partial charge is 0.222 e. The Kier molecular flexibility index (Phi) is 4.04. The Morgan fingerprint density at radius 3 is 2.55 bits per heavy atom. The molecule has 0 unspecified atom stereocenters. The molecule has 2 aromatic heterocycles. The van der Waals surface area contributed by atoms with Crippen LogP contribution in [0.3, 0.4) is 0 Å². The zero-order chi connectivity index (χ0) is 14.5. The van der Waals surface area contributed by atoms with E-state index < -0.39 is 0 Å². The molecule has 0 atom stereocenters. The van der Waals surface area contributed by atoms with E-state index in [0.717, 1.165) is 0 Å². The molecule has 106 valence electrons. The Labute approximate surface area is 115 Å². The highest BCUT2D eigenvalue weighted by Crippen LogP contribution is 2.30. The fourth-order valence-corrected chi connectivity index (χ4v) is 1.61. The number of pyridine rings is 1. The molecule has 2 aromatic rings. The van der Waals surface area contributed by atoms with Gasteiger partial charge >= 0.3 is 0 Å². The van der Waals surface area contributed by atoms with Gasteiger partial charge in [0.15, 0.2) is 23.1 Å². The van der Waals surface area contributed by atoms with Gasteiger partial charge in [0.25, 0.3) is 0 Å². The predicted molar refractivity (Wildman–Crippen MR) is 72.5 cm³/mol. The minimum Gasteiger partial charge on any atom is -0.493 e. The standard InChI is InChI=1S/C12H15N5O3/c1-18-8-3-4-15-7(10(8)19-2)6-20-9-5-16-12(14)17-11(9)13/h3-5H,6H2,1-2H3,(H4,13,14,16,17). The van der Waals surface area contributed by atoms with Gasteiger partial charge in [0.1, 0.15) is 12.3 Å². The lowest BCUT2D eigenvalue weighted by molar-refractivity contribution is 0.284. The summed E-state index contributed by atoms with van der Waals surface area (Å²) in [5.74, 6) is 1.66. The van der Waals surface area contributed by atoms with Crippen LogP contribution in [0.15, 0.2) is 18.5 Å². The van der Waals surface area contributed by atoms with E-state index in [1.807, 2.05) is 0 Å². The lowest BCUT2D eigenvalue weighted by atomic mass is 10.3. The first-order chi connectivity index (χ1) is 9.65. The van der Waals surface area contributed by atoms with Crippen molar-refractivity contribution in [3.05, 3.63) is 24.2 Å². The van der Waals surface area contributed by atoms with E-state index in [-0.39, 0.29) is 18.4 Å². The van der Waals surface area contributed by atoms with Gasteiger partial charge in [0.2, 0.25) is 5.95 Å². The maximum atomic E-state index is 5.68. The molecule has 0 aliphatic rings. The topological polar surface area (TPSA) is 118 Å². The average molecular weight is 277 g/mol. The van der Waals surface area contributed by atoms with Crippen LogP contribution in [0.5, 0.6) is 17.2 Å². The van der Waals surface area contributed by atoms with Gasteiger partial charge in [-0.2, -0.15) is 4.98 Å². The molecule has 8 heteroatoms. The molecule has 0 amide bonds. The second kappa shape index (κ2) is 5.91. The summed E-state index contributed by atoms with van der Waals surface area (Å²) in [5, 5.41) is 0. The molecule has 0 fully saturated rings. The van der Waals surface area contributed by atoms with Gasteiger partial charge in [0, 0.05) is 12.3 Å². The van der Waals surface area contributed by atoms with Crippen LogP contribution in [-0.2, 0) is 6.61 Å². The number of rotatable bonds is 5. The number of nitrogens with two attached hydrogens (primary N) is 2. The Bertz CT molecular complexity index is 606. The zero-order valence-electron chi connectivity index (χ0n) is 11.2. The Morgan fingerprint density at radius 1 is 1.10 bits per heavy atom. The Balaban J connectivity index is 2.18. The first-order valence-electron chi connectivity index (χ1n) is 5.72. The highest BCUT2D eigenvalue weighted by Gasteiger charge is 2.12. The molecule has 0 spiro atoms. The van der Waals surface area contributed by atoms with Crippen LogP contribution in [0.1, 0.15) is 5.69 Å². The van der Waals surface area contributed by atoms with Crippen molar-refractivity contribution in [1.29, 1.82) is 0 Å². The molecule has 0 aliphatic heterocycles. The third-order valence-electron chi connectivity index (χ3n) is 2.53. The van der Waals surface area contributed by atoms with Crippen molar-refractivity contribution in [2.45, 2.75) is 6.61 Å². The average Bonchev–Trinajstić information content (AvgIpc) is 2.45. The lowest BCUT2D eigenvalue weighted by Gasteiger charge is -2.12. The number of hydrogen-bond donors (Lipinski definition) is 2. The van der Waals surface area contributed by atoms with Crippen molar-refractivity contribution in [3.8, 4) is 17.2 Å². The molecule has 8 nitrogen and oxygen atoms in total. The minimum absolute atomic E-state index is 0.0898. The highest BCUT2D eigenvalue weighted by atomic mass is 16.5. The Morgan fingerprint density at radius 2 is 1.90 bits per heavy atom. The van der Waals surface area contributed by atoms with Crippen molar-refractivity contribution in [2.24, 2.45) is 0 Å². The summed E-state index contributed by atoms with van der Waals surface area (Å²) < 4.78 is 16.0. The van der Waals surface area contributed by atoms with Crippen molar-refractivity contribution >= 4 is 11.8 Å². The van der Waals surface area contributed by atoms with Gasteiger partial charge in [-0.25, -0.2) is 4.98 Å². The summed E-state index contributed by atoms with van der Waals surface area (Å²) in [4.78, 5) is 11.8. The zero-order valence-corrected chi connectivity index (χ0v) is 11.2. The second-order valence-corrected chi connectivity index (χ2v) is 3.76. The largest absolute Gasteiger partial charge is 0.493 e. The number of methoxy groups -OCH3 is 2. The van der Waals surface area contributed by atoms with Crippen molar-refractivity contribution in [2.75, 3.05) is 25.7 Å². The molecular weight excluding hydrogens is 262 g/mol. The third-order valence-corrected chi connectivity index (χ3v) is 2.53. The summed E-state index contributed by atoms with van der Waals surface area (Å²) in [6.45, 7) is 0.137. The number of hydrogen-bond acceptors (Lipinski definition) is 8. The summed E-state index contributed by atoms with van der Waals surface area (Å²) >= 11 is 0. The second-order valence-electron chi connectivity index (χ2n) is 3.76. The van der Waals surface area contributed by atoms with Crippen LogP contribution < -0.4 is 25.7 Å². The van der Waals surface area contributed by atoms with Gasteiger partial charge in [-0.1, -0.05) is 0 Å². The number of aromatic nitrogens is 3. The summed E-state index contributed by atoms with van der Waals surface area (Å²) in [6.07, 6.45) is 3.01. The molecule has 0 bridgehead atoms. The number of nitrogen functional groups attached to an aromatic ring is 2. The molecule has 0 aromatic carbocycles. The molecule has 2 heterocycles. The van der Waals surface area contributed by atoms with E-state index >= 15 is 0 Å². The number of anilines is 2. The van der Waals surface area contributed by atoms with E-state index in [1.165, 1.54) is 13.3 Å². The summed E-state index contributed by atoms with van der Waals surface area (Å²) in [6, 6.07) is 1.70. The van der Waals surface area contributed by atoms with Gasteiger partial charge in [-0.05, 0) is 0 Å². The van der Waals surface area contributed by atoms with Gasteiger partial charge in [-0.3, -0.25) is 4.98 Å². The van der Waals surface area contributed by atoms with E-state index in [0.29, 0.717) is 22.9 Å². The first-order valence-corrected chi connectivity index (χ1v) is 5.72. The van der Waals surface area contributed by atoms with Crippen molar-refractivity contribution < 1.29 is 14.2 Å². The number of ether oxygens (including phenoxy) is 3. The first kappa shape index (κ1) is 13.7. The molecule has 0 saturated carbocycles. The van der Waals surface area contributed by atoms with E-state index in [4.69, 9.17) is 25.7 Å². The Hall–Kier alpha value is -2.77. The van der Waals surface area contributed by atoms with Crippen LogP contribution >= 0.6 is 0 Å². The predicted octanol–water partition coefficient (Wildman–Crippen LogP) is 0.632. The quantitative estimate of drug-likeness (QED) is 0.817. The lowest BCUT2D eigenvalue weighted by Crippen LogP contribution is -2.06. The monoisotopic (exact) mass is 277 g/mol. The fourth-order valence-electron chi connectivity index (χ4n) is 1.61. The molecule has 0 aliphatic carbocycles. The summed E-state index contributed by atoms with van der Waals surface area (Å²) in [7, 11) is 3.08. The SMILES string of the molecule is COc1ccnc(COc2cnc(N)nc2N)c1OC. The summed E-state index contributed by atoms with van der Waals surface area (Å²) in [5.41, 5.74) is 11.7. The fraction of sp³-hybridized carbons (Fsp3) is 0.250. The van der Waals surface area contributed by atoms with Crippen LogP contribution in [0.4, 0.5) is 11.8 Å². The van der Waals surface area contributed by atoms with Crippen LogP contribution in [-0.4, -0.2) is 29.2 Å². The van der Waals surface area contributed by atoms with Crippen LogP contribution in [0.25, 0.3) is 0 Å². The number of nitrogens with zero attached hydrogens (tertiary/aromatic N) is 3. The van der Waals surface area contributed by atoms with E-state index in [2.05, 4.69) is 15.0 Å². The van der Waals surface area contributed by atoms with E-state index in [1.54, 1.807) is 19.4 Å². The molecule has 20 heavy (non-hydrogen) atoms. The van der Waals surface area contributed by atoms with Gasteiger partial charge < -0.3 is 25.7 Å². The third kappa shape index (κ3) is 2.79. The maximum absolute atomic E-state index is 5.68. The normalized spacial score (nSPS) is 10.1. The van der Waals surface area contributed by atoms with Crippen molar-refractivity contribution in [1.82, 2.24) is 15.0 Å². The maximum Gasteiger partial charge on any atom is 0.222 e. The van der Waals surface area contributed by atoms with Gasteiger partial charge in [-0.15, -0.1) is 0 Å². The van der Waals surface area contributed by atoms with Crippen LogP contribution in [0.2, 0.25) is 0 Å². The van der Waals surface area contributed by atoms with Gasteiger partial charge in [0.05, 0.1) is 20.4 Å². The van der Waals surface area contributed by atoms with Crippen LogP contribution in [0, 0.1) is 0 Å². The van der Waals surface area contributed by atoms with E-state index in [9.17, 15) is 0 Å². The molecule has 0 radical (unpaired) electrons. The highest BCUT2D eigenvalue weighted by molar-refractivity contribution is 5.47. The molecule has 0 saturated heterocycles.